The van der Waals surface area contributed by atoms with Crippen LogP contribution in [0.5, 0.6) is 0 Å². The van der Waals surface area contributed by atoms with Crippen LogP contribution in [0.25, 0.3) is 11.8 Å². The second-order valence-corrected chi connectivity index (χ2v) is 6.41. The monoisotopic (exact) mass is 347 g/mol. The largest absolute Gasteiger partial charge is 0.322 e. The molecule has 1 aromatic carbocycles. The van der Waals surface area contributed by atoms with Crippen LogP contribution in [-0.2, 0) is 4.79 Å². The molecule has 2 aromatic heterocycles. The van der Waals surface area contributed by atoms with E-state index in [2.05, 4.69) is 4.98 Å². The Hall–Kier alpha value is -3.12. The summed E-state index contributed by atoms with van der Waals surface area (Å²) in [6, 6.07) is 14.6. The van der Waals surface area contributed by atoms with E-state index in [0.29, 0.717) is 10.6 Å². The number of pyridine rings is 1. The molecule has 0 spiro atoms. The summed E-state index contributed by atoms with van der Waals surface area (Å²) in [5.41, 5.74) is 2.36. The maximum Gasteiger partial charge on any atom is 0.298 e. The summed E-state index contributed by atoms with van der Waals surface area (Å²) in [6.07, 6.45) is 9.00. The lowest BCUT2D eigenvalue weighted by atomic mass is 10.2. The average Bonchev–Trinajstić information content (AvgIpc) is 3.22. The predicted molar refractivity (Wildman–Crippen MR) is 98.5 cm³/mol. The van der Waals surface area contributed by atoms with Crippen molar-refractivity contribution in [2.45, 2.75) is 0 Å². The van der Waals surface area contributed by atoms with E-state index in [1.165, 1.54) is 4.90 Å². The Bertz CT molecular complexity index is 965. The standard InChI is InChI=1S/C19H13N3O2S/c23-18-17(25-19(24)22(18)15-5-2-1-3-6-15)11-14-8-10-21(13-14)16-7-4-9-20-12-16/h1-13H. The number of carbonyl (C=O) groups excluding carboxylic acids is 2. The van der Waals surface area contributed by atoms with Crippen molar-refractivity contribution in [3.8, 4) is 5.69 Å². The van der Waals surface area contributed by atoms with Crippen LogP contribution in [0.2, 0.25) is 0 Å². The maximum atomic E-state index is 12.6. The fraction of sp³-hybridized carbons (Fsp3) is 0. The Kier molecular flexibility index (Phi) is 3.95. The number of nitrogens with zero attached hydrogens (tertiary/aromatic N) is 3. The summed E-state index contributed by atoms with van der Waals surface area (Å²) < 4.78 is 1.92. The fourth-order valence-corrected chi connectivity index (χ4v) is 3.43. The van der Waals surface area contributed by atoms with Crippen molar-refractivity contribution in [1.82, 2.24) is 9.55 Å². The normalized spacial score (nSPS) is 16.0. The van der Waals surface area contributed by atoms with Crippen LogP contribution < -0.4 is 4.90 Å². The SMILES string of the molecule is O=C1SC(=Cc2ccn(-c3cccnc3)c2)C(=O)N1c1ccccc1. The molecule has 2 amide bonds. The van der Waals surface area contributed by atoms with Gasteiger partial charge in [0.15, 0.2) is 0 Å². The first-order chi connectivity index (χ1) is 12.2. The Morgan fingerprint density at radius 2 is 1.76 bits per heavy atom. The molecule has 1 aliphatic heterocycles. The molecule has 3 aromatic rings. The lowest BCUT2D eigenvalue weighted by Crippen LogP contribution is -2.27. The van der Waals surface area contributed by atoms with E-state index >= 15 is 0 Å². The van der Waals surface area contributed by atoms with Gasteiger partial charge in [0.1, 0.15) is 0 Å². The first-order valence-corrected chi connectivity index (χ1v) is 8.45. The van der Waals surface area contributed by atoms with Gasteiger partial charge >= 0.3 is 0 Å². The quantitative estimate of drug-likeness (QED) is 0.669. The zero-order valence-corrected chi connectivity index (χ0v) is 13.9. The van der Waals surface area contributed by atoms with E-state index in [1.807, 2.05) is 41.2 Å². The number of anilines is 1. The third kappa shape index (κ3) is 2.99. The van der Waals surface area contributed by atoms with Gasteiger partial charge in [0.05, 0.1) is 22.5 Å². The average molecular weight is 347 g/mol. The number of hydrogen-bond donors (Lipinski definition) is 0. The zero-order valence-electron chi connectivity index (χ0n) is 13.1. The molecular weight excluding hydrogens is 334 g/mol. The summed E-state index contributed by atoms with van der Waals surface area (Å²) >= 11 is 0.953. The third-order valence-electron chi connectivity index (χ3n) is 3.77. The number of amides is 2. The Labute approximate surface area is 148 Å². The van der Waals surface area contributed by atoms with Crippen molar-refractivity contribution < 1.29 is 9.59 Å². The van der Waals surface area contributed by atoms with E-state index in [0.717, 1.165) is 23.0 Å². The van der Waals surface area contributed by atoms with E-state index in [9.17, 15) is 9.59 Å². The van der Waals surface area contributed by atoms with Crippen LogP contribution in [0.4, 0.5) is 10.5 Å². The Morgan fingerprint density at radius 3 is 2.52 bits per heavy atom. The molecule has 1 saturated heterocycles. The van der Waals surface area contributed by atoms with Gasteiger partial charge in [-0.15, -0.1) is 0 Å². The van der Waals surface area contributed by atoms with Gasteiger partial charge in [0.2, 0.25) is 0 Å². The molecule has 0 bridgehead atoms. The molecule has 1 aliphatic rings. The van der Waals surface area contributed by atoms with Crippen LogP contribution in [0.1, 0.15) is 5.56 Å². The first kappa shape index (κ1) is 15.4. The van der Waals surface area contributed by atoms with Gasteiger partial charge in [-0.05, 0) is 53.7 Å². The zero-order chi connectivity index (χ0) is 17.2. The molecule has 0 unspecified atom stereocenters. The molecule has 0 radical (unpaired) electrons. The van der Waals surface area contributed by atoms with Crippen molar-refractivity contribution >= 4 is 34.7 Å². The highest BCUT2D eigenvalue weighted by Crippen LogP contribution is 2.35. The predicted octanol–water partition coefficient (Wildman–Crippen LogP) is 4.11. The second kappa shape index (κ2) is 6.41. The van der Waals surface area contributed by atoms with Crippen molar-refractivity contribution in [3.63, 3.8) is 0 Å². The lowest BCUT2D eigenvalue weighted by Gasteiger charge is -2.11. The van der Waals surface area contributed by atoms with Gasteiger partial charge in [0.25, 0.3) is 11.1 Å². The van der Waals surface area contributed by atoms with E-state index in [-0.39, 0.29) is 11.1 Å². The van der Waals surface area contributed by atoms with Crippen LogP contribution in [-0.4, -0.2) is 20.7 Å². The van der Waals surface area contributed by atoms with Gasteiger partial charge in [-0.3, -0.25) is 14.6 Å². The van der Waals surface area contributed by atoms with Crippen molar-refractivity contribution in [1.29, 1.82) is 0 Å². The number of aromatic nitrogens is 2. The highest BCUT2D eigenvalue weighted by atomic mass is 32.2. The maximum absolute atomic E-state index is 12.6. The highest BCUT2D eigenvalue weighted by Gasteiger charge is 2.36. The summed E-state index contributed by atoms with van der Waals surface area (Å²) in [7, 11) is 0. The van der Waals surface area contributed by atoms with Gasteiger partial charge in [-0.25, -0.2) is 4.90 Å². The Balaban J connectivity index is 1.62. The van der Waals surface area contributed by atoms with E-state index in [4.69, 9.17) is 0 Å². The summed E-state index contributed by atoms with van der Waals surface area (Å²) in [6.45, 7) is 0. The molecule has 0 atom stereocenters. The number of hydrogen-bond acceptors (Lipinski definition) is 4. The highest BCUT2D eigenvalue weighted by molar-refractivity contribution is 8.19. The number of imide groups is 1. The van der Waals surface area contributed by atoms with Crippen LogP contribution >= 0.6 is 11.8 Å². The number of benzene rings is 1. The number of carbonyl (C=O) groups is 2. The molecular formula is C19H13N3O2S. The van der Waals surface area contributed by atoms with Gasteiger partial charge in [-0.1, -0.05) is 18.2 Å². The minimum absolute atomic E-state index is 0.283. The van der Waals surface area contributed by atoms with E-state index in [1.54, 1.807) is 42.7 Å². The fourth-order valence-electron chi connectivity index (χ4n) is 2.58. The molecule has 0 N–H and O–H groups in total. The molecule has 5 nitrogen and oxygen atoms in total. The number of para-hydroxylation sites is 1. The van der Waals surface area contributed by atoms with Crippen molar-refractivity contribution in [2.75, 3.05) is 4.90 Å². The topological polar surface area (TPSA) is 55.2 Å². The molecule has 1 fully saturated rings. The van der Waals surface area contributed by atoms with Crippen LogP contribution in [0.15, 0.2) is 78.2 Å². The molecule has 0 aliphatic carbocycles. The minimum atomic E-state index is -0.296. The Morgan fingerprint density at radius 1 is 0.960 bits per heavy atom. The molecule has 122 valence electrons. The molecule has 3 heterocycles. The minimum Gasteiger partial charge on any atom is -0.322 e. The second-order valence-electron chi connectivity index (χ2n) is 5.42. The first-order valence-electron chi connectivity index (χ1n) is 7.64. The number of thioether (sulfide) groups is 1. The lowest BCUT2D eigenvalue weighted by molar-refractivity contribution is -0.113. The summed E-state index contributed by atoms with van der Waals surface area (Å²) in [4.78, 5) is 30.5. The third-order valence-corrected chi connectivity index (χ3v) is 4.64. The molecule has 6 heteroatoms. The number of rotatable bonds is 3. The van der Waals surface area contributed by atoms with Crippen molar-refractivity contribution in [3.05, 3.63) is 83.8 Å². The smallest absolute Gasteiger partial charge is 0.298 e. The van der Waals surface area contributed by atoms with E-state index < -0.39 is 0 Å². The van der Waals surface area contributed by atoms with Crippen LogP contribution in [0.3, 0.4) is 0 Å². The molecule has 25 heavy (non-hydrogen) atoms. The molecule has 4 rings (SSSR count). The summed E-state index contributed by atoms with van der Waals surface area (Å²) in [5.74, 6) is -0.296. The summed E-state index contributed by atoms with van der Waals surface area (Å²) in [5, 5.41) is -0.283. The molecule has 0 saturated carbocycles. The van der Waals surface area contributed by atoms with Crippen LogP contribution in [0, 0.1) is 0 Å². The van der Waals surface area contributed by atoms with Gasteiger partial charge in [0, 0.05) is 18.6 Å². The van der Waals surface area contributed by atoms with Gasteiger partial charge in [-0.2, -0.15) is 0 Å². The van der Waals surface area contributed by atoms with Crippen molar-refractivity contribution in [2.24, 2.45) is 0 Å². The van der Waals surface area contributed by atoms with Gasteiger partial charge < -0.3 is 4.57 Å².